The zero-order valence-corrected chi connectivity index (χ0v) is 17.0. The number of halogens is 2. The highest BCUT2D eigenvalue weighted by Crippen LogP contribution is 2.36. The molecular formula is C16H12Cl2N6OS2. The Kier molecular flexibility index (Phi) is 5.09. The molecule has 0 saturated heterocycles. The number of hydrogen-bond donors (Lipinski definition) is 1. The fourth-order valence-corrected chi connectivity index (χ4v) is 4.14. The molecule has 0 spiro atoms. The molecule has 0 aliphatic rings. The summed E-state index contributed by atoms with van der Waals surface area (Å²) < 4.78 is 7.13. The fourth-order valence-electron chi connectivity index (χ4n) is 2.32. The predicted molar refractivity (Wildman–Crippen MR) is 108 cm³/mol. The number of hydrogen-bond acceptors (Lipinski definition) is 8. The molecule has 3 aromatic heterocycles. The molecule has 2 N–H and O–H groups in total. The number of nitrogens with two attached hydrogens (primary N) is 1. The lowest BCUT2D eigenvalue weighted by Crippen LogP contribution is -2.12. The van der Waals surface area contributed by atoms with E-state index in [1.165, 1.54) is 27.8 Å². The average molecular weight is 439 g/mol. The van der Waals surface area contributed by atoms with Crippen molar-refractivity contribution in [3.05, 3.63) is 51.6 Å². The van der Waals surface area contributed by atoms with Crippen molar-refractivity contribution < 1.29 is 4.42 Å². The number of aromatic nitrogens is 5. The maximum Gasteiger partial charge on any atom is 0.257 e. The first-order valence-corrected chi connectivity index (χ1v) is 10.2. The Labute approximate surface area is 172 Å². The Morgan fingerprint density at radius 1 is 1.19 bits per heavy atom. The largest absolute Gasteiger partial charge is 0.419 e. The normalized spacial score (nSPS) is 12.4. The summed E-state index contributed by atoms with van der Waals surface area (Å²) in [5.74, 6) is 7.56. The summed E-state index contributed by atoms with van der Waals surface area (Å²) in [6.45, 7) is 1.93. The van der Waals surface area contributed by atoms with Gasteiger partial charge in [-0.15, -0.1) is 31.7 Å². The van der Waals surface area contributed by atoms with E-state index in [2.05, 4.69) is 20.4 Å². The Morgan fingerprint density at radius 2 is 2.04 bits per heavy atom. The van der Waals surface area contributed by atoms with Crippen LogP contribution in [-0.2, 0) is 0 Å². The highest BCUT2D eigenvalue weighted by Gasteiger charge is 2.21. The zero-order valence-electron chi connectivity index (χ0n) is 13.8. The number of thioether (sulfide) groups is 1. The summed E-state index contributed by atoms with van der Waals surface area (Å²) in [6, 6.07) is 8.94. The second kappa shape index (κ2) is 7.51. The van der Waals surface area contributed by atoms with Gasteiger partial charge in [0.25, 0.3) is 5.89 Å². The molecule has 0 aliphatic heterocycles. The number of nitrogens with zero attached hydrogens (tertiary/aromatic N) is 5. The minimum atomic E-state index is -0.166. The van der Waals surface area contributed by atoms with Gasteiger partial charge in [0.2, 0.25) is 11.0 Å². The van der Waals surface area contributed by atoms with Gasteiger partial charge >= 0.3 is 0 Å². The van der Waals surface area contributed by atoms with Crippen molar-refractivity contribution in [2.45, 2.75) is 17.3 Å². The smallest absolute Gasteiger partial charge is 0.257 e. The van der Waals surface area contributed by atoms with E-state index in [4.69, 9.17) is 33.5 Å². The van der Waals surface area contributed by atoms with Crippen molar-refractivity contribution in [1.82, 2.24) is 25.1 Å². The lowest BCUT2D eigenvalue weighted by Gasteiger charge is -2.07. The zero-order chi connectivity index (χ0) is 19.0. The molecule has 0 bridgehead atoms. The van der Waals surface area contributed by atoms with Crippen LogP contribution in [0.2, 0.25) is 10.0 Å². The van der Waals surface area contributed by atoms with Gasteiger partial charge in [-0.05, 0) is 36.6 Å². The molecule has 0 fully saturated rings. The fraction of sp³-hybridized carbons (Fsp3) is 0.125. The minimum Gasteiger partial charge on any atom is -0.419 e. The van der Waals surface area contributed by atoms with Gasteiger partial charge < -0.3 is 10.3 Å². The quantitative estimate of drug-likeness (QED) is 0.348. The van der Waals surface area contributed by atoms with Gasteiger partial charge in [-0.3, -0.25) is 0 Å². The average Bonchev–Trinajstić information content (AvgIpc) is 3.39. The van der Waals surface area contributed by atoms with Gasteiger partial charge in [-0.25, -0.2) is 4.68 Å². The van der Waals surface area contributed by atoms with Crippen molar-refractivity contribution >= 4 is 46.3 Å². The van der Waals surface area contributed by atoms with E-state index in [0.717, 1.165) is 4.88 Å². The third kappa shape index (κ3) is 3.68. The molecule has 0 amide bonds. The highest BCUT2D eigenvalue weighted by atomic mass is 35.5. The van der Waals surface area contributed by atoms with E-state index in [-0.39, 0.29) is 5.25 Å². The molecule has 3 heterocycles. The second-order valence-corrected chi connectivity index (χ2v) is 8.58. The monoisotopic (exact) mass is 438 g/mol. The maximum atomic E-state index is 6.23. The van der Waals surface area contributed by atoms with Crippen molar-refractivity contribution in [1.29, 1.82) is 0 Å². The van der Waals surface area contributed by atoms with E-state index >= 15 is 0 Å². The van der Waals surface area contributed by atoms with Crippen molar-refractivity contribution in [3.8, 4) is 22.2 Å². The van der Waals surface area contributed by atoms with Gasteiger partial charge in [0.1, 0.15) is 0 Å². The summed E-state index contributed by atoms with van der Waals surface area (Å²) in [5.41, 5.74) is 0.608. The van der Waals surface area contributed by atoms with Crippen LogP contribution in [0.3, 0.4) is 0 Å². The molecule has 4 aromatic rings. The third-order valence-corrected chi connectivity index (χ3v) is 6.10. The highest BCUT2D eigenvalue weighted by molar-refractivity contribution is 7.99. The number of rotatable bonds is 5. The van der Waals surface area contributed by atoms with Crippen LogP contribution in [0.15, 0.2) is 45.3 Å². The molecule has 0 saturated carbocycles. The molecule has 0 unspecified atom stereocenters. The van der Waals surface area contributed by atoms with Gasteiger partial charge in [-0.1, -0.05) is 41.0 Å². The standard InChI is InChI=1S/C16H12Cl2N6OS2/c1-8(14-21-22-15(25-14)12-3-2-6-26-12)27-16-23-20-13(24(16)19)10-7-9(17)4-5-11(10)18/h2-8H,19H2,1H3/t8-/m1/s1. The van der Waals surface area contributed by atoms with Gasteiger partial charge in [-0.2, -0.15) is 0 Å². The van der Waals surface area contributed by atoms with Gasteiger partial charge in [0, 0.05) is 10.6 Å². The van der Waals surface area contributed by atoms with E-state index in [9.17, 15) is 0 Å². The van der Waals surface area contributed by atoms with E-state index in [1.54, 1.807) is 18.2 Å². The number of benzene rings is 1. The molecule has 7 nitrogen and oxygen atoms in total. The molecule has 1 atom stereocenters. The van der Waals surface area contributed by atoms with Crippen LogP contribution in [-0.4, -0.2) is 25.1 Å². The minimum absolute atomic E-state index is 0.166. The first-order chi connectivity index (χ1) is 13.0. The van der Waals surface area contributed by atoms with E-state index < -0.39 is 0 Å². The molecule has 11 heteroatoms. The Hall–Kier alpha value is -2.07. The SMILES string of the molecule is C[C@@H](Sc1nnc(-c2cc(Cl)ccc2Cl)n1N)c1nnc(-c2cccs2)o1. The second-order valence-electron chi connectivity index (χ2n) is 5.48. The first-order valence-electron chi connectivity index (χ1n) is 7.73. The molecule has 27 heavy (non-hydrogen) atoms. The molecule has 138 valence electrons. The topological polar surface area (TPSA) is 95.7 Å². The van der Waals surface area contributed by atoms with Crippen LogP contribution in [0.5, 0.6) is 0 Å². The van der Waals surface area contributed by atoms with Crippen LogP contribution in [0, 0.1) is 0 Å². The van der Waals surface area contributed by atoms with Crippen molar-refractivity contribution in [3.63, 3.8) is 0 Å². The summed E-state index contributed by atoms with van der Waals surface area (Å²) in [4.78, 5) is 0.922. The lowest BCUT2D eigenvalue weighted by atomic mass is 10.2. The summed E-state index contributed by atoms with van der Waals surface area (Å²) in [7, 11) is 0. The van der Waals surface area contributed by atoms with Crippen LogP contribution < -0.4 is 5.84 Å². The van der Waals surface area contributed by atoms with Crippen LogP contribution >= 0.6 is 46.3 Å². The Bertz CT molecular complexity index is 1080. The van der Waals surface area contributed by atoms with Gasteiger partial charge in [0.05, 0.1) is 15.1 Å². The number of thiophene rings is 1. The Morgan fingerprint density at radius 3 is 2.81 bits per heavy atom. The molecule has 0 aliphatic carbocycles. The van der Waals surface area contributed by atoms with E-state index in [1.807, 2.05) is 24.4 Å². The van der Waals surface area contributed by atoms with Crippen molar-refractivity contribution in [2.24, 2.45) is 0 Å². The molecule has 1 aromatic carbocycles. The Balaban J connectivity index is 1.57. The van der Waals surface area contributed by atoms with E-state index in [0.29, 0.717) is 38.4 Å². The summed E-state index contributed by atoms with van der Waals surface area (Å²) >= 11 is 15.2. The molecule has 4 rings (SSSR count). The maximum absolute atomic E-state index is 6.23. The van der Waals surface area contributed by atoms with Crippen molar-refractivity contribution in [2.75, 3.05) is 5.84 Å². The number of nitrogen functional groups attached to an aromatic ring is 1. The van der Waals surface area contributed by atoms with Crippen LogP contribution in [0.1, 0.15) is 18.1 Å². The van der Waals surface area contributed by atoms with Gasteiger partial charge in [0.15, 0.2) is 5.82 Å². The predicted octanol–water partition coefficient (Wildman–Crippen LogP) is 4.93. The molecule has 0 radical (unpaired) electrons. The summed E-state index contributed by atoms with van der Waals surface area (Å²) in [6.07, 6.45) is 0. The first kappa shape index (κ1) is 18.3. The van der Waals surface area contributed by atoms with Crippen LogP contribution in [0.25, 0.3) is 22.2 Å². The molecular weight excluding hydrogens is 427 g/mol. The van der Waals surface area contributed by atoms with Crippen LogP contribution in [0.4, 0.5) is 0 Å². The summed E-state index contributed by atoms with van der Waals surface area (Å²) in [5, 5.41) is 19.8. The third-order valence-electron chi connectivity index (χ3n) is 3.64. The lowest BCUT2D eigenvalue weighted by molar-refractivity contribution is 0.510.